The maximum Gasteiger partial charge on any atom is 0.251 e. The molecular weight excluding hydrogens is 354 g/mol. The summed E-state index contributed by atoms with van der Waals surface area (Å²) in [7, 11) is -2.00. The monoisotopic (exact) mass is 373 g/mol. The van der Waals surface area contributed by atoms with Crippen molar-refractivity contribution in [1.29, 1.82) is 0 Å². The summed E-state index contributed by atoms with van der Waals surface area (Å²) in [5.41, 5.74) is 1.69. The number of para-hydroxylation sites is 1. The number of aromatic nitrogens is 2. The third-order valence-electron chi connectivity index (χ3n) is 3.77. The van der Waals surface area contributed by atoms with Crippen LogP contribution in [0.4, 0.5) is 0 Å². The maximum atomic E-state index is 12.2. The van der Waals surface area contributed by atoms with Crippen molar-refractivity contribution in [2.45, 2.75) is 18.2 Å². The summed E-state index contributed by atoms with van der Waals surface area (Å²) in [5.74, 6) is 1.30. The number of hydrogen-bond acceptors (Lipinski definition) is 6. The lowest BCUT2D eigenvalue weighted by Gasteiger charge is -2.06. The van der Waals surface area contributed by atoms with E-state index in [0.717, 1.165) is 5.56 Å². The number of benzene rings is 2. The molecule has 0 saturated heterocycles. The molecule has 3 rings (SSSR count). The third-order valence-corrected chi connectivity index (χ3v) is 5.24. The van der Waals surface area contributed by atoms with E-state index in [0.29, 0.717) is 23.1 Å². The highest BCUT2D eigenvalue weighted by Crippen LogP contribution is 2.28. The van der Waals surface area contributed by atoms with Crippen LogP contribution >= 0.6 is 0 Å². The average Bonchev–Trinajstić information content (AvgIpc) is 3.10. The van der Waals surface area contributed by atoms with Crippen LogP contribution in [-0.4, -0.2) is 32.3 Å². The summed E-state index contributed by atoms with van der Waals surface area (Å²) in [6, 6.07) is 14.0. The maximum absolute atomic E-state index is 12.2. The molecule has 0 radical (unpaired) electrons. The van der Waals surface area contributed by atoms with E-state index in [1.165, 1.54) is 0 Å². The van der Waals surface area contributed by atoms with Crippen molar-refractivity contribution in [1.82, 2.24) is 14.9 Å². The molecule has 0 aliphatic rings. The fourth-order valence-electron chi connectivity index (χ4n) is 2.38. The first-order valence-corrected chi connectivity index (χ1v) is 9.50. The minimum atomic E-state index is -3.56. The molecule has 0 amide bonds. The predicted molar refractivity (Wildman–Crippen MR) is 96.4 cm³/mol. The zero-order valence-electron chi connectivity index (χ0n) is 14.5. The van der Waals surface area contributed by atoms with Crippen LogP contribution in [0.5, 0.6) is 5.75 Å². The standard InChI is InChI=1S/C18H19N3O4S/c1-13-7-9-14(10-8-13)26(22,23)19-12-11-17-20-21-18(25-17)15-5-3-4-6-16(15)24-2/h3-10,19H,11-12H2,1-2H3. The molecule has 2 aromatic carbocycles. The van der Waals surface area contributed by atoms with E-state index in [1.807, 2.05) is 25.1 Å². The molecule has 0 unspecified atom stereocenters. The molecule has 0 bridgehead atoms. The zero-order valence-corrected chi connectivity index (χ0v) is 15.3. The first-order chi connectivity index (χ1) is 12.5. The van der Waals surface area contributed by atoms with Crippen LogP contribution in [0.1, 0.15) is 11.5 Å². The van der Waals surface area contributed by atoms with Crippen LogP contribution in [0.2, 0.25) is 0 Å². The molecule has 0 saturated carbocycles. The highest BCUT2D eigenvalue weighted by atomic mass is 32.2. The Hall–Kier alpha value is -2.71. The summed E-state index contributed by atoms with van der Waals surface area (Å²) in [4.78, 5) is 0.225. The molecule has 136 valence electrons. The molecule has 26 heavy (non-hydrogen) atoms. The van der Waals surface area contributed by atoms with Crippen molar-refractivity contribution in [3.63, 3.8) is 0 Å². The number of methoxy groups -OCH3 is 1. The Bertz CT molecular complexity index is 982. The second-order valence-corrected chi connectivity index (χ2v) is 7.43. The second-order valence-electron chi connectivity index (χ2n) is 5.66. The van der Waals surface area contributed by atoms with Gasteiger partial charge in [0.2, 0.25) is 15.9 Å². The Kier molecular flexibility index (Phi) is 5.34. The lowest BCUT2D eigenvalue weighted by Crippen LogP contribution is -2.26. The van der Waals surface area contributed by atoms with Gasteiger partial charge in [0, 0.05) is 13.0 Å². The predicted octanol–water partition coefficient (Wildman–Crippen LogP) is 2.57. The van der Waals surface area contributed by atoms with Crippen molar-refractivity contribution in [2.24, 2.45) is 0 Å². The van der Waals surface area contributed by atoms with Crippen LogP contribution in [0.3, 0.4) is 0 Å². The smallest absolute Gasteiger partial charge is 0.251 e. The molecule has 0 aliphatic heterocycles. The van der Waals surface area contributed by atoms with Gasteiger partial charge >= 0.3 is 0 Å². The molecule has 0 fully saturated rings. The average molecular weight is 373 g/mol. The van der Waals surface area contributed by atoms with E-state index in [9.17, 15) is 8.42 Å². The Morgan fingerprint density at radius 2 is 1.81 bits per heavy atom. The molecule has 0 atom stereocenters. The van der Waals surface area contributed by atoms with Gasteiger partial charge in [-0.3, -0.25) is 0 Å². The number of hydrogen-bond donors (Lipinski definition) is 1. The zero-order chi connectivity index (χ0) is 18.6. The minimum absolute atomic E-state index is 0.157. The Balaban J connectivity index is 1.64. The molecular formula is C18H19N3O4S. The minimum Gasteiger partial charge on any atom is -0.496 e. The molecule has 8 heteroatoms. The van der Waals surface area contributed by atoms with Gasteiger partial charge in [0.05, 0.1) is 17.6 Å². The number of nitrogens with zero attached hydrogens (tertiary/aromatic N) is 2. The topological polar surface area (TPSA) is 94.3 Å². The third kappa shape index (κ3) is 4.09. The van der Waals surface area contributed by atoms with Crippen molar-refractivity contribution in [3.8, 4) is 17.2 Å². The van der Waals surface area contributed by atoms with E-state index in [2.05, 4.69) is 14.9 Å². The molecule has 1 heterocycles. The van der Waals surface area contributed by atoms with Gasteiger partial charge in [0.15, 0.2) is 0 Å². The van der Waals surface area contributed by atoms with Crippen LogP contribution in [-0.2, 0) is 16.4 Å². The Labute approximate surface area is 152 Å². The fraction of sp³-hybridized carbons (Fsp3) is 0.222. The van der Waals surface area contributed by atoms with Crippen molar-refractivity contribution < 1.29 is 17.6 Å². The molecule has 0 aliphatic carbocycles. The number of aryl methyl sites for hydroxylation is 1. The van der Waals surface area contributed by atoms with Gasteiger partial charge in [0.25, 0.3) is 5.89 Å². The summed E-state index contributed by atoms with van der Waals surface area (Å²) in [5, 5.41) is 7.97. The van der Waals surface area contributed by atoms with Crippen molar-refractivity contribution >= 4 is 10.0 Å². The summed E-state index contributed by atoms with van der Waals surface area (Å²) in [6.07, 6.45) is 0.285. The lowest BCUT2D eigenvalue weighted by atomic mass is 10.2. The van der Waals surface area contributed by atoms with Crippen LogP contribution < -0.4 is 9.46 Å². The van der Waals surface area contributed by atoms with Gasteiger partial charge in [-0.05, 0) is 31.2 Å². The second kappa shape index (κ2) is 7.67. The quantitative estimate of drug-likeness (QED) is 0.684. The SMILES string of the molecule is COc1ccccc1-c1nnc(CCNS(=O)(=O)c2ccc(C)cc2)o1. The van der Waals surface area contributed by atoms with E-state index in [1.54, 1.807) is 37.4 Å². The normalized spacial score (nSPS) is 11.5. The van der Waals surface area contributed by atoms with Gasteiger partial charge in [-0.25, -0.2) is 13.1 Å². The van der Waals surface area contributed by atoms with Gasteiger partial charge < -0.3 is 9.15 Å². The van der Waals surface area contributed by atoms with Gasteiger partial charge in [-0.15, -0.1) is 10.2 Å². The number of sulfonamides is 1. The highest BCUT2D eigenvalue weighted by Gasteiger charge is 2.15. The summed E-state index contributed by atoms with van der Waals surface area (Å²) < 4.78 is 37.9. The summed E-state index contributed by atoms with van der Waals surface area (Å²) >= 11 is 0. The first kappa shape index (κ1) is 18.1. The molecule has 1 N–H and O–H groups in total. The van der Waals surface area contributed by atoms with E-state index in [-0.39, 0.29) is 17.9 Å². The molecule has 3 aromatic rings. The Morgan fingerprint density at radius 3 is 2.54 bits per heavy atom. The van der Waals surface area contributed by atoms with Crippen LogP contribution in [0.25, 0.3) is 11.5 Å². The number of nitrogens with one attached hydrogen (secondary N) is 1. The van der Waals surface area contributed by atoms with Gasteiger partial charge in [-0.1, -0.05) is 29.8 Å². The van der Waals surface area contributed by atoms with Gasteiger partial charge in [0.1, 0.15) is 5.75 Å². The lowest BCUT2D eigenvalue weighted by molar-refractivity contribution is 0.413. The molecule has 7 nitrogen and oxygen atoms in total. The highest BCUT2D eigenvalue weighted by molar-refractivity contribution is 7.89. The largest absolute Gasteiger partial charge is 0.496 e. The van der Waals surface area contributed by atoms with Gasteiger partial charge in [-0.2, -0.15) is 0 Å². The van der Waals surface area contributed by atoms with Crippen molar-refractivity contribution in [2.75, 3.05) is 13.7 Å². The first-order valence-electron chi connectivity index (χ1n) is 8.02. The van der Waals surface area contributed by atoms with E-state index >= 15 is 0 Å². The summed E-state index contributed by atoms with van der Waals surface area (Å²) in [6.45, 7) is 2.06. The number of ether oxygens (including phenoxy) is 1. The Morgan fingerprint density at radius 1 is 1.08 bits per heavy atom. The van der Waals surface area contributed by atoms with E-state index < -0.39 is 10.0 Å². The number of rotatable bonds is 7. The van der Waals surface area contributed by atoms with E-state index in [4.69, 9.17) is 9.15 Å². The van der Waals surface area contributed by atoms with Crippen LogP contribution in [0, 0.1) is 6.92 Å². The van der Waals surface area contributed by atoms with Crippen molar-refractivity contribution in [3.05, 3.63) is 60.0 Å². The molecule has 1 aromatic heterocycles. The van der Waals surface area contributed by atoms with Crippen LogP contribution in [0.15, 0.2) is 57.8 Å². The fourth-order valence-corrected chi connectivity index (χ4v) is 3.41. The molecule has 0 spiro atoms.